The van der Waals surface area contributed by atoms with Gasteiger partial charge < -0.3 is 10.5 Å². The first kappa shape index (κ1) is 13.2. The van der Waals surface area contributed by atoms with E-state index < -0.39 is 0 Å². The summed E-state index contributed by atoms with van der Waals surface area (Å²) in [5, 5.41) is 0. The van der Waals surface area contributed by atoms with Crippen LogP contribution in [-0.2, 0) is 4.74 Å². The molecule has 3 heteroatoms. The third kappa shape index (κ3) is 3.92. The summed E-state index contributed by atoms with van der Waals surface area (Å²) in [6.07, 6.45) is 1.77. The number of thiol groups is 1. The van der Waals surface area contributed by atoms with E-state index in [0.29, 0.717) is 17.4 Å². The van der Waals surface area contributed by atoms with Crippen LogP contribution in [0.3, 0.4) is 0 Å². The van der Waals surface area contributed by atoms with Crippen molar-refractivity contribution < 1.29 is 4.74 Å². The van der Waals surface area contributed by atoms with Gasteiger partial charge in [-0.1, -0.05) is 26.0 Å². The normalized spacial score (nSPS) is 14.0. The molecule has 0 saturated carbocycles. The van der Waals surface area contributed by atoms with Gasteiger partial charge in [0.05, 0.1) is 12.8 Å². The Hall–Kier alpha value is -0.830. The lowest BCUT2D eigenvalue weighted by Gasteiger charge is -2.09. The molecular formula is C11H19NOS. The molecule has 0 unspecified atom stereocenters. The summed E-state index contributed by atoms with van der Waals surface area (Å²) in [5.74, 6) is 0.926. The van der Waals surface area contributed by atoms with Crippen molar-refractivity contribution in [2.24, 2.45) is 11.7 Å². The summed E-state index contributed by atoms with van der Waals surface area (Å²) in [6.45, 7) is 9.92. The van der Waals surface area contributed by atoms with Crippen LogP contribution < -0.4 is 5.73 Å². The Labute approximate surface area is 91.9 Å². The van der Waals surface area contributed by atoms with Crippen LogP contribution in [0.2, 0.25) is 0 Å². The van der Waals surface area contributed by atoms with Gasteiger partial charge in [-0.05, 0) is 18.9 Å². The molecule has 2 N–H and O–H groups in total. The molecule has 0 aromatic rings. The van der Waals surface area contributed by atoms with Crippen LogP contribution in [0.1, 0.15) is 20.8 Å². The molecule has 0 amide bonds. The van der Waals surface area contributed by atoms with Gasteiger partial charge in [0.25, 0.3) is 0 Å². The van der Waals surface area contributed by atoms with Crippen molar-refractivity contribution in [3.8, 4) is 0 Å². The lowest BCUT2D eigenvalue weighted by molar-refractivity contribution is 0.302. The van der Waals surface area contributed by atoms with Crippen LogP contribution in [0.15, 0.2) is 34.6 Å². The molecule has 0 aliphatic carbocycles. The van der Waals surface area contributed by atoms with Gasteiger partial charge in [-0.15, -0.1) is 12.6 Å². The summed E-state index contributed by atoms with van der Waals surface area (Å²) >= 11 is 4.36. The third-order valence-electron chi connectivity index (χ3n) is 2.13. The lowest BCUT2D eigenvalue weighted by Crippen LogP contribution is -2.02. The maximum Gasteiger partial charge on any atom is 0.134 e. The molecule has 0 radical (unpaired) electrons. The van der Waals surface area contributed by atoms with Gasteiger partial charge in [-0.25, -0.2) is 0 Å². The summed E-state index contributed by atoms with van der Waals surface area (Å²) in [6, 6.07) is 0. The predicted molar refractivity (Wildman–Crippen MR) is 64.9 cm³/mol. The summed E-state index contributed by atoms with van der Waals surface area (Å²) in [7, 11) is 1.54. The minimum Gasteiger partial charge on any atom is -0.495 e. The average molecular weight is 213 g/mol. The lowest BCUT2D eigenvalue weighted by atomic mass is 10.0. The number of hydrogen-bond donors (Lipinski definition) is 2. The van der Waals surface area contributed by atoms with E-state index in [0.717, 1.165) is 4.91 Å². The molecule has 0 saturated heterocycles. The Morgan fingerprint density at radius 2 is 2.00 bits per heavy atom. The minimum atomic E-state index is 0.461. The van der Waals surface area contributed by atoms with Crippen molar-refractivity contribution in [3.63, 3.8) is 0 Å². The Morgan fingerprint density at radius 1 is 1.50 bits per heavy atom. The van der Waals surface area contributed by atoms with Gasteiger partial charge >= 0.3 is 0 Å². The molecule has 14 heavy (non-hydrogen) atoms. The van der Waals surface area contributed by atoms with E-state index >= 15 is 0 Å². The zero-order chi connectivity index (χ0) is 11.3. The fourth-order valence-corrected chi connectivity index (χ4v) is 1.15. The van der Waals surface area contributed by atoms with E-state index in [1.165, 1.54) is 5.57 Å². The Bertz CT molecular complexity index is 277. The van der Waals surface area contributed by atoms with Crippen LogP contribution >= 0.6 is 12.6 Å². The SMILES string of the molecule is C=C(OC)/C(N)=C\C(S)=C(/C)C(C)C. The van der Waals surface area contributed by atoms with Crippen molar-refractivity contribution >= 4 is 12.6 Å². The molecule has 0 bridgehead atoms. The number of rotatable bonds is 4. The number of hydrogen-bond acceptors (Lipinski definition) is 3. The number of ether oxygens (including phenoxy) is 1. The van der Waals surface area contributed by atoms with Crippen LogP contribution in [0.5, 0.6) is 0 Å². The predicted octanol–water partition coefficient (Wildman–Crippen LogP) is 2.85. The highest BCUT2D eigenvalue weighted by molar-refractivity contribution is 7.84. The van der Waals surface area contributed by atoms with E-state index in [1.807, 2.05) is 6.92 Å². The first-order valence-corrected chi connectivity index (χ1v) is 4.95. The second kappa shape index (κ2) is 5.81. The monoisotopic (exact) mass is 213 g/mol. The van der Waals surface area contributed by atoms with E-state index in [1.54, 1.807) is 13.2 Å². The second-order valence-electron chi connectivity index (χ2n) is 3.45. The van der Waals surface area contributed by atoms with Crippen molar-refractivity contribution in [1.29, 1.82) is 0 Å². The highest BCUT2D eigenvalue weighted by Crippen LogP contribution is 2.19. The van der Waals surface area contributed by atoms with Crippen LogP contribution in [0.25, 0.3) is 0 Å². The smallest absolute Gasteiger partial charge is 0.134 e. The average Bonchev–Trinajstić information content (AvgIpc) is 2.14. The van der Waals surface area contributed by atoms with Crippen molar-refractivity contribution in [2.45, 2.75) is 20.8 Å². The Morgan fingerprint density at radius 3 is 2.36 bits per heavy atom. The van der Waals surface area contributed by atoms with Gasteiger partial charge in [-0.2, -0.15) is 0 Å². The molecule has 2 nitrogen and oxygen atoms in total. The molecule has 0 atom stereocenters. The first-order valence-electron chi connectivity index (χ1n) is 4.50. The molecule has 0 fully saturated rings. The number of methoxy groups -OCH3 is 1. The molecule has 80 valence electrons. The van der Waals surface area contributed by atoms with E-state index in [2.05, 4.69) is 33.1 Å². The molecule has 0 spiro atoms. The minimum absolute atomic E-state index is 0.461. The van der Waals surface area contributed by atoms with Crippen LogP contribution in [0.4, 0.5) is 0 Å². The maximum absolute atomic E-state index is 5.72. The summed E-state index contributed by atoms with van der Waals surface area (Å²) in [5.41, 5.74) is 7.43. The molecular weight excluding hydrogens is 194 g/mol. The molecule has 0 aromatic heterocycles. The van der Waals surface area contributed by atoms with E-state index in [-0.39, 0.29) is 0 Å². The Balaban J connectivity index is 4.82. The summed E-state index contributed by atoms with van der Waals surface area (Å²) in [4.78, 5) is 0.871. The maximum atomic E-state index is 5.72. The zero-order valence-electron chi connectivity index (χ0n) is 9.29. The quantitative estimate of drug-likeness (QED) is 0.428. The van der Waals surface area contributed by atoms with E-state index in [4.69, 9.17) is 10.5 Å². The molecule has 0 aromatic carbocycles. The van der Waals surface area contributed by atoms with Gasteiger partial charge in [-0.3, -0.25) is 0 Å². The van der Waals surface area contributed by atoms with Crippen molar-refractivity contribution in [1.82, 2.24) is 0 Å². The van der Waals surface area contributed by atoms with Gasteiger partial charge in [0.15, 0.2) is 0 Å². The molecule has 0 aliphatic rings. The highest BCUT2D eigenvalue weighted by Gasteiger charge is 2.02. The van der Waals surface area contributed by atoms with Gasteiger partial charge in [0, 0.05) is 4.91 Å². The topological polar surface area (TPSA) is 35.2 Å². The standard InChI is InChI=1S/C11H19NOS/c1-7(2)8(3)11(14)6-10(12)9(4)13-5/h6-7,14H,4,12H2,1-3,5H3/b10-6+,11-8-. The molecule has 0 heterocycles. The Kier molecular flexibility index (Phi) is 5.46. The third-order valence-corrected chi connectivity index (χ3v) is 2.61. The van der Waals surface area contributed by atoms with E-state index in [9.17, 15) is 0 Å². The van der Waals surface area contributed by atoms with Crippen molar-refractivity contribution in [2.75, 3.05) is 7.11 Å². The van der Waals surface area contributed by atoms with Gasteiger partial charge in [0.1, 0.15) is 5.76 Å². The molecule has 0 rings (SSSR count). The van der Waals surface area contributed by atoms with Crippen LogP contribution in [-0.4, -0.2) is 7.11 Å². The van der Waals surface area contributed by atoms with Gasteiger partial charge in [0.2, 0.25) is 0 Å². The van der Waals surface area contributed by atoms with Crippen molar-refractivity contribution in [3.05, 3.63) is 34.6 Å². The largest absolute Gasteiger partial charge is 0.495 e. The number of allylic oxidation sites excluding steroid dienone is 2. The summed E-state index contributed by atoms with van der Waals surface area (Å²) < 4.78 is 4.91. The first-order chi connectivity index (χ1) is 6.40. The number of nitrogens with two attached hydrogens (primary N) is 1. The fraction of sp³-hybridized carbons (Fsp3) is 0.455. The zero-order valence-corrected chi connectivity index (χ0v) is 10.2. The molecule has 0 aliphatic heterocycles. The second-order valence-corrected chi connectivity index (χ2v) is 3.93. The highest BCUT2D eigenvalue weighted by atomic mass is 32.1. The van der Waals surface area contributed by atoms with Crippen LogP contribution in [0, 0.1) is 5.92 Å². The fourth-order valence-electron chi connectivity index (χ4n) is 0.755.